The van der Waals surface area contributed by atoms with Gasteiger partial charge >= 0.3 is 65.8 Å². The van der Waals surface area contributed by atoms with Crippen molar-refractivity contribution in [3.05, 3.63) is 22.8 Å². The van der Waals surface area contributed by atoms with Gasteiger partial charge in [-0.15, -0.1) is 0 Å². The molecule has 0 unspecified atom stereocenters. The summed E-state index contributed by atoms with van der Waals surface area (Å²) in [5, 5.41) is 0. The minimum atomic E-state index is 1.03. The average molecular weight is 164 g/mol. The molecule has 0 spiro atoms. The summed E-state index contributed by atoms with van der Waals surface area (Å²) in [5.41, 5.74) is 0. The first-order chi connectivity index (χ1) is 3.79. The molecular formula is C5H3BrLiN. The second-order valence-corrected chi connectivity index (χ2v) is 2.53. The van der Waals surface area contributed by atoms with E-state index < -0.39 is 0 Å². The number of hydrogen-bond acceptors (Lipinski definition) is 1. The standard InChI is InChI=1S/C5H3BrN.Li/c6-5-2-1-3-7-4-5;/h1-2,4H;. The fourth-order valence-corrected chi connectivity index (χ4v) is 0.684. The van der Waals surface area contributed by atoms with Crippen LogP contribution >= 0.6 is 15.9 Å². The van der Waals surface area contributed by atoms with Crippen LogP contribution < -0.4 is 4.37 Å². The van der Waals surface area contributed by atoms with E-state index in [2.05, 4.69) is 20.9 Å². The molecule has 0 saturated carbocycles. The third-order valence-electron chi connectivity index (χ3n) is 0.875. The summed E-state index contributed by atoms with van der Waals surface area (Å²) in [7, 11) is 0. The Morgan fingerprint density at radius 1 is 1.50 bits per heavy atom. The van der Waals surface area contributed by atoms with E-state index in [1.807, 2.05) is 29.8 Å². The van der Waals surface area contributed by atoms with Crippen LogP contribution in [0.2, 0.25) is 0 Å². The van der Waals surface area contributed by atoms with E-state index in [1.165, 1.54) is 0 Å². The van der Waals surface area contributed by atoms with Crippen LogP contribution in [0.4, 0.5) is 0 Å². The fraction of sp³-hybridized carbons (Fsp3) is 0. The van der Waals surface area contributed by atoms with Crippen molar-refractivity contribution in [1.29, 1.82) is 0 Å². The number of rotatable bonds is 0. The zero-order valence-corrected chi connectivity index (χ0v) is 6.14. The van der Waals surface area contributed by atoms with Crippen molar-refractivity contribution in [3.63, 3.8) is 0 Å². The number of nitrogens with zero attached hydrogens (tertiary/aromatic N) is 1. The Morgan fingerprint density at radius 3 is 2.62 bits per heavy atom. The van der Waals surface area contributed by atoms with E-state index in [1.54, 1.807) is 6.20 Å². The minimum absolute atomic E-state index is 1.03. The van der Waals surface area contributed by atoms with Crippen LogP contribution in [-0.4, -0.2) is 22.7 Å². The summed E-state index contributed by atoms with van der Waals surface area (Å²) in [6.45, 7) is 0. The van der Waals surface area contributed by atoms with Gasteiger partial charge in [0.15, 0.2) is 0 Å². The Morgan fingerprint density at radius 2 is 2.25 bits per heavy atom. The van der Waals surface area contributed by atoms with Crippen LogP contribution in [0.25, 0.3) is 0 Å². The Balaban J connectivity index is 3.03. The van der Waals surface area contributed by atoms with Crippen LogP contribution in [-0.2, 0) is 0 Å². The van der Waals surface area contributed by atoms with Crippen molar-refractivity contribution in [2.75, 3.05) is 0 Å². The zero-order valence-electron chi connectivity index (χ0n) is 4.56. The number of halogens is 1. The van der Waals surface area contributed by atoms with Gasteiger partial charge in [-0.1, -0.05) is 0 Å². The van der Waals surface area contributed by atoms with E-state index in [4.69, 9.17) is 0 Å². The summed E-state index contributed by atoms with van der Waals surface area (Å²) in [6, 6.07) is 3.94. The van der Waals surface area contributed by atoms with Gasteiger partial charge in [-0.2, -0.15) is 0 Å². The monoisotopic (exact) mass is 163 g/mol. The molecular weight excluding hydrogens is 161 g/mol. The predicted molar refractivity (Wildman–Crippen MR) is 37.3 cm³/mol. The average Bonchev–Trinajstić information content (AvgIpc) is 1.77. The van der Waals surface area contributed by atoms with Crippen molar-refractivity contribution >= 4 is 38.0 Å². The molecule has 1 aromatic rings. The molecule has 0 fully saturated rings. The van der Waals surface area contributed by atoms with Gasteiger partial charge in [-0.05, 0) is 0 Å². The molecule has 0 N–H and O–H groups in total. The van der Waals surface area contributed by atoms with E-state index >= 15 is 0 Å². The van der Waals surface area contributed by atoms with Gasteiger partial charge in [0.05, 0.1) is 0 Å². The molecule has 3 heteroatoms. The summed E-state index contributed by atoms with van der Waals surface area (Å²) < 4.78 is 2.08. The van der Waals surface area contributed by atoms with Crippen molar-refractivity contribution in [2.45, 2.75) is 0 Å². The van der Waals surface area contributed by atoms with Crippen LogP contribution in [0.3, 0.4) is 0 Å². The molecule has 0 aliphatic heterocycles. The topological polar surface area (TPSA) is 12.9 Å². The number of pyridine rings is 1. The summed E-state index contributed by atoms with van der Waals surface area (Å²) in [5.74, 6) is 0. The molecule has 0 saturated heterocycles. The van der Waals surface area contributed by atoms with E-state index in [0.717, 1.165) is 8.84 Å². The van der Waals surface area contributed by atoms with Crippen molar-refractivity contribution < 1.29 is 0 Å². The van der Waals surface area contributed by atoms with Crippen LogP contribution in [0.1, 0.15) is 0 Å². The number of hydrogen-bond donors (Lipinski definition) is 0. The van der Waals surface area contributed by atoms with Gasteiger partial charge < -0.3 is 0 Å². The first kappa shape index (κ1) is 6.35. The van der Waals surface area contributed by atoms with Gasteiger partial charge in [0.1, 0.15) is 0 Å². The van der Waals surface area contributed by atoms with E-state index in [-0.39, 0.29) is 0 Å². The van der Waals surface area contributed by atoms with Crippen molar-refractivity contribution in [3.8, 4) is 0 Å². The maximum atomic E-state index is 4.03. The van der Waals surface area contributed by atoms with Crippen LogP contribution in [0, 0.1) is 0 Å². The molecule has 1 nitrogen and oxygen atoms in total. The molecule has 0 radical (unpaired) electrons. The Labute approximate surface area is 65.8 Å². The fourth-order valence-electron chi connectivity index (χ4n) is 0.450. The van der Waals surface area contributed by atoms with Crippen molar-refractivity contribution in [1.82, 2.24) is 4.98 Å². The van der Waals surface area contributed by atoms with Gasteiger partial charge in [0.2, 0.25) is 0 Å². The Kier molecular flexibility index (Phi) is 2.13. The quantitative estimate of drug-likeness (QED) is 0.512. The van der Waals surface area contributed by atoms with E-state index in [0.29, 0.717) is 0 Å². The Hall–Kier alpha value is 0.227. The SMILES string of the molecule is [Li][c]1ccc(Br)cn1. The molecule has 36 valence electrons. The molecule has 0 aliphatic carbocycles. The van der Waals surface area contributed by atoms with Gasteiger partial charge in [0.25, 0.3) is 0 Å². The first-order valence-corrected chi connectivity index (χ1v) is 3.16. The third-order valence-corrected chi connectivity index (χ3v) is 1.34. The third kappa shape index (κ3) is 1.63. The normalized spacial score (nSPS) is 9.38. The van der Waals surface area contributed by atoms with Crippen LogP contribution in [0.5, 0.6) is 0 Å². The zero-order chi connectivity index (χ0) is 5.98. The molecule has 1 rings (SSSR count). The first-order valence-electron chi connectivity index (χ1n) is 2.37. The molecule has 0 bridgehead atoms. The molecule has 0 aromatic carbocycles. The maximum absolute atomic E-state index is 4.03. The molecule has 1 aromatic heterocycles. The van der Waals surface area contributed by atoms with Gasteiger partial charge in [-0.25, -0.2) is 0 Å². The second-order valence-electron chi connectivity index (χ2n) is 1.62. The van der Waals surface area contributed by atoms with E-state index in [9.17, 15) is 0 Å². The van der Waals surface area contributed by atoms with Gasteiger partial charge in [0, 0.05) is 0 Å². The molecule has 0 atom stereocenters. The molecule has 0 aliphatic rings. The molecule has 8 heavy (non-hydrogen) atoms. The molecule has 0 amide bonds. The Bertz CT molecular complexity index is 151. The second kappa shape index (κ2) is 2.68. The van der Waals surface area contributed by atoms with Crippen LogP contribution in [0.15, 0.2) is 22.8 Å². The van der Waals surface area contributed by atoms with Crippen molar-refractivity contribution in [2.24, 2.45) is 0 Å². The molecule has 1 heterocycles. The van der Waals surface area contributed by atoms with Gasteiger partial charge in [-0.3, -0.25) is 0 Å². The predicted octanol–water partition coefficient (Wildman–Crippen LogP) is 0.638. The summed E-state index contributed by atoms with van der Waals surface area (Å²) in [4.78, 5) is 4.03. The summed E-state index contributed by atoms with van der Waals surface area (Å²) >= 11 is 5.25. The number of aromatic nitrogens is 1. The summed E-state index contributed by atoms with van der Waals surface area (Å²) in [6.07, 6.45) is 1.79.